The molecule has 1 fully saturated rings. The molecule has 0 saturated heterocycles. The maximum absolute atomic E-state index is 11.8. The Hall–Kier alpha value is -1.51. The molecular weight excluding hydrogens is 224 g/mol. The van der Waals surface area contributed by atoms with Crippen molar-refractivity contribution in [1.29, 1.82) is 0 Å². The van der Waals surface area contributed by atoms with E-state index in [4.69, 9.17) is 5.73 Å². The summed E-state index contributed by atoms with van der Waals surface area (Å²) in [5, 5.41) is 2.90. The number of aryl methyl sites for hydroxylation is 1. The van der Waals surface area contributed by atoms with Gasteiger partial charge in [0.25, 0.3) is 0 Å². The van der Waals surface area contributed by atoms with E-state index in [1.807, 2.05) is 25.1 Å². The van der Waals surface area contributed by atoms with Crippen LogP contribution in [0.2, 0.25) is 0 Å². The number of nitrogens with one attached hydrogen (secondary N) is 1. The SMILES string of the molecule is Cc1ccc(NC(=O)CCC2CCCC2)c(N)c1. The van der Waals surface area contributed by atoms with Crippen LogP contribution in [0.4, 0.5) is 11.4 Å². The van der Waals surface area contributed by atoms with Crippen LogP contribution in [0.3, 0.4) is 0 Å². The molecule has 3 heteroatoms. The highest BCUT2D eigenvalue weighted by atomic mass is 16.1. The third kappa shape index (κ3) is 3.49. The summed E-state index contributed by atoms with van der Waals surface area (Å²) in [4.78, 5) is 11.8. The van der Waals surface area contributed by atoms with Crippen LogP contribution in [0.15, 0.2) is 18.2 Å². The van der Waals surface area contributed by atoms with E-state index in [0.717, 1.165) is 23.6 Å². The fourth-order valence-electron chi connectivity index (χ4n) is 2.64. The van der Waals surface area contributed by atoms with Crippen LogP contribution in [0.5, 0.6) is 0 Å². The Labute approximate surface area is 109 Å². The monoisotopic (exact) mass is 246 g/mol. The van der Waals surface area contributed by atoms with Crippen molar-refractivity contribution in [3.63, 3.8) is 0 Å². The maximum Gasteiger partial charge on any atom is 0.224 e. The lowest BCUT2D eigenvalue weighted by Gasteiger charge is -2.11. The Balaban J connectivity index is 1.82. The smallest absolute Gasteiger partial charge is 0.224 e. The second-order valence-electron chi connectivity index (χ2n) is 5.33. The first-order valence-corrected chi connectivity index (χ1v) is 6.81. The van der Waals surface area contributed by atoms with E-state index in [9.17, 15) is 4.79 Å². The first kappa shape index (κ1) is 12.9. The average molecular weight is 246 g/mol. The lowest BCUT2D eigenvalue weighted by atomic mass is 10.0. The zero-order valence-electron chi connectivity index (χ0n) is 11.0. The van der Waals surface area contributed by atoms with Crippen molar-refractivity contribution >= 4 is 17.3 Å². The van der Waals surface area contributed by atoms with E-state index in [1.54, 1.807) is 0 Å². The number of hydrogen-bond acceptors (Lipinski definition) is 2. The van der Waals surface area contributed by atoms with Crippen molar-refractivity contribution in [2.45, 2.75) is 45.4 Å². The number of rotatable bonds is 4. The topological polar surface area (TPSA) is 55.1 Å². The molecule has 2 rings (SSSR count). The lowest BCUT2D eigenvalue weighted by molar-refractivity contribution is -0.116. The highest BCUT2D eigenvalue weighted by Gasteiger charge is 2.16. The van der Waals surface area contributed by atoms with Crippen molar-refractivity contribution in [3.8, 4) is 0 Å². The van der Waals surface area contributed by atoms with Crippen LogP contribution in [-0.4, -0.2) is 5.91 Å². The minimum atomic E-state index is 0.0810. The minimum Gasteiger partial charge on any atom is -0.397 e. The Morgan fingerprint density at radius 1 is 1.39 bits per heavy atom. The number of carbonyl (C=O) groups excluding carboxylic acids is 1. The number of nitrogen functional groups attached to an aromatic ring is 1. The van der Waals surface area contributed by atoms with Crippen LogP contribution in [0.1, 0.15) is 44.1 Å². The molecule has 0 atom stereocenters. The average Bonchev–Trinajstić information content (AvgIpc) is 2.83. The van der Waals surface area contributed by atoms with E-state index in [1.165, 1.54) is 25.7 Å². The van der Waals surface area contributed by atoms with Crippen molar-refractivity contribution in [1.82, 2.24) is 0 Å². The van der Waals surface area contributed by atoms with Crippen molar-refractivity contribution in [2.75, 3.05) is 11.1 Å². The molecule has 1 amide bonds. The van der Waals surface area contributed by atoms with Crippen LogP contribution >= 0.6 is 0 Å². The second kappa shape index (κ2) is 5.89. The predicted molar refractivity (Wildman–Crippen MR) is 75.4 cm³/mol. The summed E-state index contributed by atoms with van der Waals surface area (Å²) in [6, 6.07) is 5.72. The third-order valence-corrected chi connectivity index (χ3v) is 3.74. The summed E-state index contributed by atoms with van der Waals surface area (Å²) in [6.45, 7) is 1.99. The Kier molecular flexibility index (Phi) is 4.24. The first-order valence-electron chi connectivity index (χ1n) is 6.81. The minimum absolute atomic E-state index is 0.0810. The van der Waals surface area contributed by atoms with Gasteiger partial charge in [-0.25, -0.2) is 0 Å². The summed E-state index contributed by atoms with van der Waals surface area (Å²) in [6.07, 6.45) is 6.86. The van der Waals surface area contributed by atoms with Gasteiger partial charge in [0.15, 0.2) is 0 Å². The normalized spacial score (nSPS) is 15.8. The van der Waals surface area contributed by atoms with Gasteiger partial charge in [0, 0.05) is 6.42 Å². The number of benzene rings is 1. The molecule has 1 aliphatic rings. The highest BCUT2D eigenvalue weighted by Crippen LogP contribution is 2.28. The number of hydrogen-bond donors (Lipinski definition) is 2. The molecule has 0 aliphatic heterocycles. The van der Waals surface area contributed by atoms with Crippen LogP contribution in [0, 0.1) is 12.8 Å². The Bertz CT molecular complexity index is 423. The number of amides is 1. The van der Waals surface area contributed by atoms with E-state index in [2.05, 4.69) is 5.32 Å². The van der Waals surface area contributed by atoms with Gasteiger partial charge in [-0.05, 0) is 37.0 Å². The molecule has 98 valence electrons. The molecule has 3 nitrogen and oxygen atoms in total. The molecular formula is C15H22N2O. The molecule has 0 radical (unpaired) electrons. The van der Waals surface area contributed by atoms with Gasteiger partial charge >= 0.3 is 0 Å². The number of nitrogens with two attached hydrogens (primary N) is 1. The van der Waals surface area contributed by atoms with Gasteiger partial charge in [-0.2, -0.15) is 0 Å². The lowest BCUT2D eigenvalue weighted by Crippen LogP contribution is -2.14. The largest absolute Gasteiger partial charge is 0.397 e. The van der Waals surface area contributed by atoms with Gasteiger partial charge in [0.2, 0.25) is 5.91 Å². The Morgan fingerprint density at radius 2 is 2.11 bits per heavy atom. The molecule has 18 heavy (non-hydrogen) atoms. The molecule has 1 aromatic rings. The predicted octanol–water partition coefficient (Wildman–Crippen LogP) is 3.49. The summed E-state index contributed by atoms with van der Waals surface area (Å²) < 4.78 is 0. The first-order chi connectivity index (χ1) is 8.65. The van der Waals surface area contributed by atoms with Gasteiger partial charge in [-0.1, -0.05) is 31.7 Å². The number of anilines is 2. The van der Waals surface area contributed by atoms with E-state index in [0.29, 0.717) is 12.1 Å². The van der Waals surface area contributed by atoms with Crippen LogP contribution in [-0.2, 0) is 4.79 Å². The van der Waals surface area contributed by atoms with Gasteiger partial charge in [0.05, 0.1) is 11.4 Å². The molecule has 0 aromatic heterocycles. The standard InChI is InChI=1S/C15H22N2O/c1-11-6-8-14(13(16)10-11)17-15(18)9-7-12-4-2-3-5-12/h6,8,10,12H,2-5,7,9,16H2,1H3,(H,17,18). The molecule has 0 spiro atoms. The molecule has 0 bridgehead atoms. The summed E-state index contributed by atoms with van der Waals surface area (Å²) >= 11 is 0. The van der Waals surface area contributed by atoms with Crippen LogP contribution < -0.4 is 11.1 Å². The highest BCUT2D eigenvalue weighted by molar-refractivity contribution is 5.93. The zero-order chi connectivity index (χ0) is 13.0. The van der Waals surface area contributed by atoms with Crippen molar-refractivity contribution < 1.29 is 4.79 Å². The van der Waals surface area contributed by atoms with Gasteiger partial charge in [0.1, 0.15) is 0 Å². The molecule has 1 saturated carbocycles. The molecule has 1 aromatic carbocycles. The zero-order valence-corrected chi connectivity index (χ0v) is 11.0. The summed E-state index contributed by atoms with van der Waals surface area (Å²) in [5.41, 5.74) is 8.36. The van der Waals surface area contributed by atoms with Gasteiger partial charge in [-0.3, -0.25) is 4.79 Å². The van der Waals surface area contributed by atoms with E-state index >= 15 is 0 Å². The second-order valence-corrected chi connectivity index (χ2v) is 5.33. The summed E-state index contributed by atoms with van der Waals surface area (Å²) in [7, 11) is 0. The Morgan fingerprint density at radius 3 is 2.78 bits per heavy atom. The maximum atomic E-state index is 11.8. The molecule has 3 N–H and O–H groups in total. The van der Waals surface area contributed by atoms with Crippen molar-refractivity contribution in [3.05, 3.63) is 23.8 Å². The van der Waals surface area contributed by atoms with E-state index < -0.39 is 0 Å². The van der Waals surface area contributed by atoms with Crippen LogP contribution in [0.25, 0.3) is 0 Å². The molecule has 0 unspecified atom stereocenters. The number of carbonyl (C=O) groups is 1. The molecule has 0 heterocycles. The fraction of sp³-hybridized carbons (Fsp3) is 0.533. The molecule has 1 aliphatic carbocycles. The van der Waals surface area contributed by atoms with Gasteiger partial charge < -0.3 is 11.1 Å². The third-order valence-electron chi connectivity index (χ3n) is 3.74. The summed E-state index contributed by atoms with van der Waals surface area (Å²) in [5.74, 6) is 0.837. The quantitative estimate of drug-likeness (QED) is 0.799. The van der Waals surface area contributed by atoms with Crippen molar-refractivity contribution in [2.24, 2.45) is 5.92 Å². The van der Waals surface area contributed by atoms with Gasteiger partial charge in [-0.15, -0.1) is 0 Å². The fourth-order valence-corrected chi connectivity index (χ4v) is 2.64. The van der Waals surface area contributed by atoms with E-state index in [-0.39, 0.29) is 5.91 Å².